The molecule has 136 valence electrons. The Bertz CT molecular complexity index is 858. The van der Waals surface area contributed by atoms with Gasteiger partial charge < -0.3 is 14.5 Å². The van der Waals surface area contributed by atoms with Gasteiger partial charge in [0.2, 0.25) is 5.91 Å². The number of rotatable bonds is 3. The summed E-state index contributed by atoms with van der Waals surface area (Å²) in [6, 6.07) is 10.3. The Balaban J connectivity index is 1.80. The zero-order chi connectivity index (χ0) is 18.8. The lowest BCUT2D eigenvalue weighted by Crippen LogP contribution is -2.57. The summed E-state index contributed by atoms with van der Waals surface area (Å²) in [5.41, 5.74) is 0.976. The summed E-state index contributed by atoms with van der Waals surface area (Å²) in [5.74, 6) is -0.436. The van der Waals surface area contributed by atoms with E-state index in [9.17, 15) is 14.0 Å². The molecule has 2 aromatic rings. The second-order valence-electron chi connectivity index (χ2n) is 5.99. The van der Waals surface area contributed by atoms with Crippen molar-refractivity contribution in [1.82, 2.24) is 4.90 Å². The maximum Gasteiger partial charge on any atom is 0.254 e. The third kappa shape index (κ3) is 3.37. The van der Waals surface area contributed by atoms with E-state index in [1.165, 1.54) is 35.1 Å². The number of nitrogens with zero attached hydrogens (tertiary/aromatic N) is 2. The SMILES string of the molecule is COc1cccc(C(=O)N2CCN(c3ccc(F)c(Cl)c3)C(=O)C2C)c1. The number of halogens is 2. The highest BCUT2D eigenvalue weighted by molar-refractivity contribution is 6.31. The first-order valence-electron chi connectivity index (χ1n) is 8.14. The lowest BCUT2D eigenvalue weighted by Gasteiger charge is -2.39. The highest BCUT2D eigenvalue weighted by atomic mass is 35.5. The van der Waals surface area contributed by atoms with Crippen molar-refractivity contribution in [3.05, 3.63) is 58.9 Å². The Morgan fingerprint density at radius 2 is 2.00 bits per heavy atom. The molecule has 7 heteroatoms. The van der Waals surface area contributed by atoms with Gasteiger partial charge in [0.1, 0.15) is 17.6 Å². The van der Waals surface area contributed by atoms with Gasteiger partial charge in [-0.25, -0.2) is 4.39 Å². The van der Waals surface area contributed by atoms with Crippen molar-refractivity contribution in [2.45, 2.75) is 13.0 Å². The summed E-state index contributed by atoms with van der Waals surface area (Å²) >= 11 is 5.82. The Morgan fingerprint density at radius 1 is 1.23 bits per heavy atom. The van der Waals surface area contributed by atoms with Crippen molar-refractivity contribution in [1.29, 1.82) is 0 Å². The minimum atomic E-state index is -0.647. The van der Waals surface area contributed by atoms with Crippen LogP contribution in [-0.2, 0) is 4.79 Å². The number of carbonyl (C=O) groups is 2. The van der Waals surface area contributed by atoms with E-state index in [1.54, 1.807) is 31.2 Å². The van der Waals surface area contributed by atoms with E-state index < -0.39 is 11.9 Å². The van der Waals surface area contributed by atoms with Crippen LogP contribution in [0.25, 0.3) is 0 Å². The molecule has 1 unspecified atom stereocenters. The molecule has 0 aromatic heterocycles. The molecule has 0 spiro atoms. The number of methoxy groups -OCH3 is 1. The lowest BCUT2D eigenvalue weighted by atomic mass is 10.1. The van der Waals surface area contributed by atoms with Gasteiger partial charge in [-0.3, -0.25) is 9.59 Å². The number of piperazine rings is 1. The molecule has 1 saturated heterocycles. The van der Waals surface area contributed by atoms with Crippen LogP contribution in [0.4, 0.5) is 10.1 Å². The van der Waals surface area contributed by atoms with Gasteiger partial charge in [-0.1, -0.05) is 17.7 Å². The lowest BCUT2D eigenvalue weighted by molar-refractivity contribution is -0.124. The number of benzene rings is 2. The Kier molecular flexibility index (Phi) is 5.13. The van der Waals surface area contributed by atoms with Crippen molar-refractivity contribution in [3.8, 4) is 5.75 Å². The van der Waals surface area contributed by atoms with E-state index in [2.05, 4.69) is 0 Å². The van der Waals surface area contributed by atoms with Crippen LogP contribution in [0.3, 0.4) is 0 Å². The number of ether oxygens (including phenoxy) is 1. The molecule has 3 rings (SSSR count). The smallest absolute Gasteiger partial charge is 0.254 e. The fraction of sp³-hybridized carbons (Fsp3) is 0.263. The molecule has 0 N–H and O–H groups in total. The van der Waals surface area contributed by atoms with Crippen LogP contribution in [0.15, 0.2) is 42.5 Å². The minimum absolute atomic E-state index is 0.0437. The van der Waals surface area contributed by atoms with E-state index >= 15 is 0 Å². The molecular formula is C19H18ClFN2O3. The van der Waals surface area contributed by atoms with Gasteiger partial charge in [-0.15, -0.1) is 0 Å². The van der Waals surface area contributed by atoms with Crippen molar-refractivity contribution in [2.75, 3.05) is 25.1 Å². The van der Waals surface area contributed by atoms with Crippen LogP contribution < -0.4 is 9.64 Å². The number of carbonyl (C=O) groups excluding carboxylic acids is 2. The third-order valence-corrected chi connectivity index (χ3v) is 4.74. The molecule has 5 nitrogen and oxygen atoms in total. The average Bonchev–Trinajstić information content (AvgIpc) is 2.66. The summed E-state index contributed by atoms with van der Waals surface area (Å²) < 4.78 is 18.5. The highest BCUT2D eigenvalue weighted by Crippen LogP contribution is 2.26. The fourth-order valence-corrected chi connectivity index (χ4v) is 3.15. The van der Waals surface area contributed by atoms with E-state index in [0.717, 1.165) is 0 Å². The minimum Gasteiger partial charge on any atom is -0.497 e. The topological polar surface area (TPSA) is 49.9 Å². The van der Waals surface area contributed by atoms with Gasteiger partial charge in [0, 0.05) is 24.3 Å². The van der Waals surface area contributed by atoms with Gasteiger partial charge in [0.25, 0.3) is 5.91 Å². The Hall–Kier alpha value is -2.60. The molecule has 1 atom stereocenters. The normalized spacial score (nSPS) is 17.4. The molecule has 2 amide bonds. The van der Waals surface area contributed by atoms with Crippen molar-refractivity contribution in [3.63, 3.8) is 0 Å². The summed E-state index contributed by atoms with van der Waals surface area (Å²) in [5, 5.41) is -0.0437. The van der Waals surface area contributed by atoms with Gasteiger partial charge in [0.05, 0.1) is 12.1 Å². The molecule has 0 radical (unpaired) electrons. The van der Waals surface area contributed by atoms with Crippen LogP contribution in [0.5, 0.6) is 5.75 Å². The van der Waals surface area contributed by atoms with E-state index in [0.29, 0.717) is 30.1 Å². The van der Waals surface area contributed by atoms with Crippen LogP contribution >= 0.6 is 11.6 Å². The first-order valence-corrected chi connectivity index (χ1v) is 8.51. The van der Waals surface area contributed by atoms with Gasteiger partial charge in [-0.05, 0) is 43.3 Å². The van der Waals surface area contributed by atoms with E-state index in [1.807, 2.05) is 0 Å². The number of anilines is 1. The molecule has 0 bridgehead atoms. The summed E-state index contributed by atoms with van der Waals surface area (Å²) in [7, 11) is 1.53. The quantitative estimate of drug-likeness (QED) is 0.825. The molecule has 2 aromatic carbocycles. The predicted octanol–water partition coefficient (Wildman–Crippen LogP) is 3.37. The number of hydrogen-bond donors (Lipinski definition) is 0. The molecule has 0 aliphatic carbocycles. The summed E-state index contributed by atoms with van der Waals surface area (Å²) in [6.07, 6.45) is 0. The average molecular weight is 377 g/mol. The third-order valence-electron chi connectivity index (χ3n) is 4.45. The Morgan fingerprint density at radius 3 is 2.69 bits per heavy atom. The van der Waals surface area contributed by atoms with Gasteiger partial charge in [-0.2, -0.15) is 0 Å². The zero-order valence-electron chi connectivity index (χ0n) is 14.4. The van der Waals surface area contributed by atoms with Crippen LogP contribution in [0.1, 0.15) is 17.3 Å². The molecule has 1 aliphatic heterocycles. The van der Waals surface area contributed by atoms with E-state index in [4.69, 9.17) is 16.3 Å². The molecule has 26 heavy (non-hydrogen) atoms. The summed E-state index contributed by atoms with van der Waals surface area (Å²) in [6.45, 7) is 2.34. The van der Waals surface area contributed by atoms with E-state index in [-0.39, 0.29) is 16.8 Å². The second-order valence-corrected chi connectivity index (χ2v) is 6.40. The molecule has 1 heterocycles. The fourth-order valence-electron chi connectivity index (χ4n) is 2.98. The standard InChI is InChI=1S/C19H18ClFN2O3/c1-12-18(24)23(14-6-7-17(21)16(20)11-14)9-8-22(12)19(25)13-4-3-5-15(10-13)26-2/h3-7,10-12H,8-9H2,1-2H3. The summed E-state index contributed by atoms with van der Waals surface area (Å²) in [4.78, 5) is 28.6. The maximum absolute atomic E-state index is 13.4. The van der Waals surface area contributed by atoms with Crippen LogP contribution in [0.2, 0.25) is 5.02 Å². The first kappa shape index (κ1) is 18.2. The highest BCUT2D eigenvalue weighted by Gasteiger charge is 2.35. The van der Waals surface area contributed by atoms with Crippen LogP contribution in [0, 0.1) is 5.82 Å². The predicted molar refractivity (Wildman–Crippen MR) is 97.3 cm³/mol. The Labute approximate surface area is 155 Å². The van der Waals surface area contributed by atoms with Crippen molar-refractivity contribution >= 4 is 29.1 Å². The molecular weight excluding hydrogens is 359 g/mol. The second kappa shape index (κ2) is 7.33. The largest absolute Gasteiger partial charge is 0.497 e. The van der Waals surface area contributed by atoms with Crippen molar-refractivity contribution < 1.29 is 18.7 Å². The van der Waals surface area contributed by atoms with Gasteiger partial charge in [0.15, 0.2) is 0 Å². The molecule has 0 saturated carbocycles. The molecule has 1 fully saturated rings. The maximum atomic E-state index is 13.4. The van der Waals surface area contributed by atoms with Crippen molar-refractivity contribution in [2.24, 2.45) is 0 Å². The monoisotopic (exact) mass is 376 g/mol. The molecule has 1 aliphatic rings. The number of hydrogen-bond acceptors (Lipinski definition) is 3. The zero-order valence-corrected chi connectivity index (χ0v) is 15.2. The van der Waals surface area contributed by atoms with Gasteiger partial charge >= 0.3 is 0 Å². The number of amides is 2. The van der Waals surface area contributed by atoms with Crippen LogP contribution in [-0.4, -0.2) is 43.0 Å². The first-order chi connectivity index (χ1) is 12.4.